The zero-order valence-electron chi connectivity index (χ0n) is 7.41. The van der Waals surface area contributed by atoms with Crippen LogP contribution in [0.3, 0.4) is 0 Å². The molecule has 0 aromatic carbocycles. The molecule has 0 radical (unpaired) electrons. The Morgan fingerprint density at radius 1 is 1.67 bits per heavy atom. The summed E-state index contributed by atoms with van der Waals surface area (Å²) in [7, 11) is 1.09. The summed E-state index contributed by atoms with van der Waals surface area (Å²) in [6.45, 7) is 0. The van der Waals surface area contributed by atoms with Gasteiger partial charge in [-0.2, -0.15) is 0 Å². The number of rotatable bonds is 3. The smallest absolute Gasteiger partial charge is 0.376 e. The highest BCUT2D eigenvalue weighted by Crippen LogP contribution is 2.39. The summed E-state index contributed by atoms with van der Waals surface area (Å²) < 4.78 is 29.6. The lowest BCUT2D eigenvalue weighted by Crippen LogP contribution is -2.02. The van der Waals surface area contributed by atoms with E-state index in [0.29, 0.717) is 0 Å². The van der Waals surface area contributed by atoms with Crippen molar-refractivity contribution in [3.05, 3.63) is 26.9 Å². The number of hydrogen-bond donors (Lipinski definition) is 0. The molecule has 5 nitrogen and oxygen atoms in total. The quantitative estimate of drug-likeness (QED) is 0.600. The van der Waals surface area contributed by atoms with Gasteiger partial charge in [-0.1, -0.05) is 11.6 Å². The maximum Gasteiger partial charge on any atom is 0.376 e. The third-order valence-electron chi connectivity index (χ3n) is 1.60. The Bertz CT molecular complexity index is 400. The molecule has 0 N–H and O–H groups in total. The molecule has 1 rings (SSSR count). The number of methoxy groups -OCH3 is 1. The van der Waals surface area contributed by atoms with Crippen LogP contribution in [0.1, 0.15) is 12.0 Å². The molecule has 8 heteroatoms. The van der Waals surface area contributed by atoms with Crippen LogP contribution in [0.25, 0.3) is 0 Å². The van der Waals surface area contributed by atoms with Gasteiger partial charge in [0.15, 0.2) is 17.5 Å². The number of hydrogen-bond acceptors (Lipinski definition) is 4. The number of alkyl halides is 2. The number of halogens is 3. The third-order valence-corrected chi connectivity index (χ3v) is 1.87. The van der Waals surface area contributed by atoms with Crippen LogP contribution in [0.4, 0.5) is 14.6 Å². The molecule has 0 unspecified atom stereocenters. The van der Waals surface area contributed by atoms with E-state index in [1.807, 2.05) is 0 Å². The summed E-state index contributed by atoms with van der Waals surface area (Å²) in [5.74, 6) is -1.38. The van der Waals surface area contributed by atoms with Crippen molar-refractivity contribution in [3.63, 3.8) is 0 Å². The summed E-state index contributed by atoms with van der Waals surface area (Å²) in [6, 6.07) is 0. The Labute approximate surface area is 87.8 Å². The van der Waals surface area contributed by atoms with E-state index in [-0.39, 0.29) is 5.02 Å². The van der Waals surface area contributed by atoms with Crippen LogP contribution in [0.15, 0.2) is 6.20 Å². The summed E-state index contributed by atoms with van der Waals surface area (Å²) in [5.41, 5.74) is -0.907. The Morgan fingerprint density at radius 2 is 2.27 bits per heavy atom. The van der Waals surface area contributed by atoms with Crippen LogP contribution in [0.5, 0.6) is 5.75 Å². The van der Waals surface area contributed by atoms with Gasteiger partial charge in [0.25, 0.3) is 6.43 Å². The molecule has 15 heavy (non-hydrogen) atoms. The highest BCUT2D eigenvalue weighted by molar-refractivity contribution is 6.32. The minimum absolute atomic E-state index is 0.196. The maximum absolute atomic E-state index is 12.5. The maximum atomic E-state index is 12.5. The van der Waals surface area contributed by atoms with Gasteiger partial charge in [0, 0.05) is 0 Å². The van der Waals surface area contributed by atoms with E-state index in [2.05, 4.69) is 9.72 Å². The van der Waals surface area contributed by atoms with Gasteiger partial charge in [-0.15, -0.1) is 0 Å². The first-order chi connectivity index (χ1) is 6.99. The van der Waals surface area contributed by atoms with Crippen molar-refractivity contribution in [2.24, 2.45) is 0 Å². The minimum atomic E-state index is -3.08. The van der Waals surface area contributed by atoms with Gasteiger partial charge in [-0.3, -0.25) is 0 Å². The van der Waals surface area contributed by atoms with Crippen molar-refractivity contribution in [1.29, 1.82) is 0 Å². The van der Waals surface area contributed by atoms with Crippen molar-refractivity contribution in [2.45, 2.75) is 6.43 Å². The lowest BCUT2D eigenvalue weighted by molar-refractivity contribution is -0.391. The fourth-order valence-corrected chi connectivity index (χ4v) is 1.25. The SMILES string of the molecule is COc1c(Cl)cnc([N+](=O)[O-])c1C(F)F. The summed E-state index contributed by atoms with van der Waals surface area (Å²) in [4.78, 5) is 12.6. The van der Waals surface area contributed by atoms with Gasteiger partial charge < -0.3 is 14.9 Å². The number of nitrogens with zero attached hydrogens (tertiary/aromatic N) is 2. The molecule has 0 saturated carbocycles. The Balaban J connectivity index is 3.49. The van der Waals surface area contributed by atoms with E-state index in [0.717, 1.165) is 13.3 Å². The fourth-order valence-electron chi connectivity index (χ4n) is 1.03. The van der Waals surface area contributed by atoms with Crippen LogP contribution in [0, 0.1) is 10.1 Å². The summed E-state index contributed by atoms with van der Waals surface area (Å²) in [5, 5.41) is 10.2. The van der Waals surface area contributed by atoms with Crippen molar-refractivity contribution in [3.8, 4) is 5.75 Å². The van der Waals surface area contributed by atoms with Crippen molar-refractivity contribution < 1.29 is 18.4 Å². The fraction of sp³-hybridized carbons (Fsp3) is 0.286. The largest absolute Gasteiger partial charge is 0.494 e. The number of aromatic nitrogens is 1. The predicted octanol–water partition coefficient (Wildman–Crippen LogP) is 2.59. The number of ether oxygens (including phenoxy) is 1. The standard InChI is InChI=1S/C7H5ClF2N2O3/c1-15-5-3(8)2-11-7(12(13)14)4(5)6(9)10/h2,6H,1H3. The third kappa shape index (κ3) is 2.12. The monoisotopic (exact) mass is 238 g/mol. The molecule has 0 aliphatic carbocycles. The zero-order chi connectivity index (χ0) is 11.6. The Kier molecular flexibility index (Phi) is 3.35. The molecule has 0 spiro atoms. The molecule has 0 aliphatic rings. The molecule has 1 aromatic heterocycles. The molecular formula is C7H5ClF2N2O3. The van der Waals surface area contributed by atoms with E-state index < -0.39 is 28.5 Å². The van der Waals surface area contributed by atoms with Crippen molar-refractivity contribution in [1.82, 2.24) is 4.98 Å². The Hall–Kier alpha value is -1.50. The molecular weight excluding hydrogens is 234 g/mol. The topological polar surface area (TPSA) is 65.3 Å². The highest BCUT2D eigenvalue weighted by atomic mass is 35.5. The van der Waals surface area contributed by atoms with Gasteiger partial charge in [-0.25, -0.2) is 8.78 Å². The average molecular weight is 239 g/mol. The van der Waals surface area contributed by atoms with Crippen LogP contribution < -0.4 is 4.74 Å². The average Bonchev–Trinajstić information content (AvgIpc) is 2.16. The Morgan fingerprint density at radius 3 is 2.67 bits per heavy atom. The van der Waals surface area contributed by atoms with Crippen LogP contribution in [-0.2, 0) is 0 Å². The molecule has 0 saturated heterocycles. The molecule has 82 valence electrons. The van der Waals surface area contributed by atoms with E-state index in [1.54, 1.807) is 0 Å². The second kappa shape index (κ2) is 4.35. The minimum Gasteiger partial charge on any atom is -0.494 e. The lowest BCUT2D eigenvalue weighted by atomic mass is 10.2. The molecule has 1 heterocycles. The molecule has 0 bridgehead atoms. The number of nitro groups is 1. The van der Waals surface area contributed by atoms with Crippen LogP contribution >= 0.6 is 11.6 Å². The highest BCUT2D eigenvalue weighted by Gasteiger charge is 2.30. The second-order valence-corrected chi connectivity index (χ2v) is 2.84. The van der Waals surface area contributed by atoms with Crippen molar-refractivity contribution >= 4 is 17.4 Å². The van der Waals surface area contributed by atoms with Crippen LogP contribution in [-0.4, -0.2) is 17.0 Å². The number of pyridine rings is 1. The molecule has 0 amide bonds. The van der Waals surface area contributed by atoms with Gasteiger partial charge >= 0.3 is 5.82 Å². The first-order valence-electron chi connectivity index (χ1n) is 3.64. The zero-order valence-corrected chi connectivity index (χ0v) is 8.16. The van der Waals surface area contributed by atoms with Gasteiger partial charge in [0.2, 0.25) is 0 Å². The van der Waals surface area contributed by atoms with E-state index in [4.69, 9.17) is 11.6 Å². The first kappa shape index (κ1) is 11.6. The van der Waals surface area contributed by atoms with Crippen LogP contribution in [0.2, 0.25) is 5.02 Å². The summed E-state index contributed by atoms with van der Waals surface area (Å²) >= 11 is 5.51. The lowest BCUT2D eigenvalue weighted by Gasteiger charge is -2.08. The van der Waals surface area contributed by atoms with Gasteiger partial charge in [0.1, 0.15) is 5.02 Å². The molecule has 0 aliphatic heterocycles. The second-order valence-electron chi connectivity index (χ2n) is 2.43. The predicted molar refractivity (Wildman–Crippen MR) is 47.4 cm³/mol. The molecule has 1 aromatic rings. The van der Waals surface area contributed by atoms with Crippen molar-refractivity contribution in [2.75, 3.05) is 7.11 Å². The van der Waals surface area contributed by atoms with Gasteiger partial charge in [-0.05, 0) is 9.91 Å². The normalized spacial score (nSPS) is 10.5. The first-order valence-corrected chi connectivity index (χ1v) is 4.01. The summed E-state index contributed by atoms with van der Waals surface area (Å²) in [6.07, 6.45) is -2.18. The molecule has 0 fully saturated rings. The van der Waals surface area contributed by atoms with E-state index in [1.165, 1.54) is 0 Å². The van der Waals surface area contributed by atoms with Gasteiger partial charge in [0.05, 0.1) is 7.11 Å². The molecule has 0 atom stereocenters. The van der Waals surface area contributed by atoms with E-state index in [9.17, 15) is 18.9 Å². The van der Waals surface area contributed by atoms with E-state index >= 15 is 0 Å².